The van der Waals surface area contributed by atoms with Gasteiger partial charge in [-0.1, -0.05) is 27.7 Å². The van der Waals surface area contributed by atoms with Crippen LogP contribution < -0.4 is 5.73 Å². The van der Waals surface area contributed by atoms with Crippen molar-refractivity contribution in [3.8, 4) is 0 Å². The summed E-state index contributed by atoms with van der Waals surface area (Å²) in [5.74, 6) is -0.133. The quantitative estimate of drug-likeness (QED) is 0.864. The fourth-order valence-electron chi connectivity index (χ4n) is 1.74. The summed E-state index contributed by atoms with van der Waals surface area (Å²) in [6.45, 7) is 10.3. The number of aryl methyl sites for hydroxylation is 1. The van der Waals surface area contributed by atoms with Gasteiger partial charge in [-0.05, 0) is 18.8 Å². The standard InChI is InChI=1S/C13H24N4O/c1-7-9-10(14)11(16-15-9)12(18)17(6)8(2)13(3,4)5/h8H,7,14H2,1-6H3,(H,15,16). The van der Waals surface area contributed by atoms with E-state index in [1.807, 2.05) is 13.8 Å². The molecule has 0 bridgehead atoms. The van der Waals surface area contributed by atoms with Gasteiger partial charge in [0, 0.05) is 13.1 Å². The number of amides is 1. The molecule has 1 rings (SSSR count). The number of nitrogens with one attached hydrogen (secondary N) is 1. The molecule has 1 heterocycles. The first kappa shape index (κ1) is 14.5. The van der Waals surface area contributed by atoms with Crippen LogP contribution in [0.15, 0.2) is 0 Å². The third kappa shape index (κ3) is 2.66. The van der Waals surface area contributed by atoms with Gasteiger partial charge in [-0.3, -0.25) is 9.89 Å². The lowest BCUT2D eigenvalue weighted by atomic mass is 9.87. The van der Waals surface area contributed by atoms with Crippen LogP contribution in [0.25, 0.3) is 0 Å². The van der Waals surface area contributed by atoms with Gasteiger partial charge in [-0.15, -0.1) is 0 Å². The minimum Gasteiger partial charge on any atom is -0.395 e. The van der Waals surface area contributed by atoms with Crippen LogP contribution in [0.1, 0.15) is 50.8 Å². The molecule has 1 atom stereocenters. The molecule has 5 heteroatoms. The Morgan fingerprint density at radius 3 is 2.44 bits per heavy atom. The molecule has 0 aliphatic carbocycles. The summed E-state index contributed by atoms with van der Waals surface area (Å²) in [5, 5.41) is 6.85. The van der Waals surface area contributed by atoms with Crippen LogP contribution in [-0.2, 0) is 6.42 Å². The van der Waals surface area contributed by atoms with Crippen molar-refractivity contribution in [3.63, 3.8) is 0 Å². The molecule has 0 spiro atoms. The third-order valence-electron chi connectivity index (χ3n) is 3.59. The van der Waals surface area contributed by atoms with Gasteiger partial charge >= 0.3 is 0 Å². The van der Waals surface area contributed by atoms with Crippen LogP contribution in [0.2, 0.25) is 0 Å². The molecule has 0 aliphatic rings. The normalized spacial score (nSPS) is 13.4. The highest BCUT2D eigenvalue weighted by atomic mass is 16.2. The number of aromatic nitrogens is 2. The Hall–Kier alpha value is -1.52. The van der Waals surface area contributed by atoms with Crippen molar-refractivity contribution >= 4 is 11.6 Å². The topological polar surface area (TPSA) is 75.0 Å². The number of nitrogens with two attached hydrogens (primary N) is 1. The van der Waals surface area contributed by atoms with Gasteiger partial charge in [0.15, 0.2) is 5.69 Å². The lowest BCUT2D eigenvalue weighted by molar-refractivity contribution is 0.0624. The molecule has 1 aromatic heterocycles. The van der Waals surface area contributed by atoms with Gasteiger partial charge in [0.05, 0.1) is 11.4 Å². The first-order chi connectivity index (χ1) is 8.20. The predicted octanol–water partition coefficient (Wildman–Crippen LogP) is 2.06. The number of aromatic amines is 1. The molecule has 1 unspecified atom stereocenters. The Balaban J connectivity index is 2.97. The van der Waals surface area contributed by atoms with Crippen LogP contribution in [-0.4, -0.2) is 34.1 Å². The number of carbonyl (C=O) groups is 1. The molecule has 18 heavy (non-hydrogen) atoms. The van der Waals surface area contributed by atoms with Crippen LogP contribution in [0.5, 0.6) is 0 Å². The highest BCUT2D eigenvalue weighted by molar-refractivity contribution is 5.97. The highest BCUT2D eigenvalue weighted by Crippen LogP contribution is 2.25. The number of H-pyrrole nitrogens is 1. The van der Waals surface area contributed by atoms with Gasteiger partial charge < -0.3 is 10.6 Å². The second-order valence-corrected chi connectivity index (χ2v) is 5.78. The predicted molar refractivity (Wildman–Crippen MR) is 73.4 cm³/mol. The van der Waals surface area contributed by atoms with Gasteiger partial charge in [0.2, 0.25) is 0 Å². The zero-order valence-electron chi connectivity index (χ0n) is 12.2. The van der Waals surface area contributed by atoms with E-state index in [4.69, 9.17) is 5.73 Å². The fourth-order valence-corrected chi connectivity index (χ4v) is 1.74. The van der Waals surface area contributed by atoms with Crippen molar-refractivity contribution in [1.82, 2.24) is 15.1 Å². The summed E-state index contributed by atoms with van der Waals surface area (Å²) in [7, 11) is 1.79. The average molecular weight is 252 g/mol. The summed E-state index contributed by atoms with van der Waals surface area (Å²) in [6, 6.07) is 0.103. The summed E-state index contributed by atoms with van der Waals surface area (Å²) < 4.78 is 0. The summed E-state index contributed by atoms with van der Waals surface area (Å²) >= 11 is 0. The highest BCUT2D eigenvalue weighted by Gasteiger charge is 2.29. The van der Waals surface area contributed by atoms with E-state index in [1.165, 1.54) is 0 Å². The van der Waals surface area contributed by atoms with Crippen LogP contribution in [0.3, 0.4) is 0 Å². The Bertz CT molecular complexity index is 431. The summed E-state index contributed by atoms with van der Waals surface area (Å²) in [5.41, 5.74) is 7.54. The molecule has 1 amide bonds. The van der Waals surface area contributed by atoms with Crippen molar-refractivity contribution in [2.45, 2.75) is 47.1 Å². The minimum absolute atomic E-state index is 0.0169. The third-order valence-corrected chi connectivity index (χ3v) is 3.59. The van der Waals surface area contributed by atoms with Gasteiger partial charge in [-0.25, -0.2) is 0 Å². The number of nitrogens with zero attached hydrogens (tertiary/aromatic N) is 2. The zero-order chi connectivity index (χ0) is 14.1. The van der Waals surface area contributed by atoms with Crippen molar-refractivity contribution in [3.05, 3.63) is 11.4 Å². The summed E-state index contributed by atoms with van der Waals surface area (Å²) in [6.07, 6.45) is 0.741. The molecule has 0 radical (unpaired) electrons. The Kier molecular flexibility index (Phi) is 4.04. The van der Waals surface area contributed by atoms with Gasteiger partial charge in [-0.2, -0.15) is 5.10 Å². The lowest BCUT2D eigenvalue weighted by Gasteiger charge is -2.35. The van der Waals surface area contributed by atoms with E-state index in [0.717, 1.165) is 12.1 Å². The molecule has 0 aromatic carbocycles. The minimum atomic E-state index is -0.133. The van der Waals surface area contributed by atoms with Crippen molar-refractivity contribution in [1.29, 1.82) is 0 Å². The Labute approximate surface area is 109 Å². The number of rotatable bonds is 3. The fraction of sp³-hybridized carbons (Fsp3) is 0.692. The lowest BCUT2D eigenvalue weighted by Crippen LogP contribution is -2.43. The van der Waals surface area contributed by atoms with Crippen molar-refractivity contribution in [2.24, 2.45) is 5.41 Å². The number of anilines is 1. The molecule has 102 valence electrons. The maximum atomic E-state index is 12.3. The molecule has 0 aliphatic heterocycles. The second-order valence-electron chi connectivity index (χ2n) is 5.78. The SMILES string of the molecule is CCc1[nH]nc(C(=O)N(C)C(C)C(C)(C)C)c1N. The molecule has 0 saturated carbocycles. The van der Waals surface area contributed by atoms with Crippen LogP contribution >= 0.6 is 0 Å². The molecule has 1 aromatic rings. The average Bonchev–Trinajstić information content (AvgIpc) is 2.66. The van der Waals surface area contributed by atoms with E-state index in [2.05, 4.69) is 31.0 Å². The summed E-state index contributed by atoms with van der Waals surface area (Å²) in [4.78, 5) is 14.0. The maximum Gasteiger partial charge on any atom is 0.276 e. The first-order valence-corrected chi connectivity index (χ1v) is 6.30. The number of hydrogen-bond acceptors (Lipinski definition) is 3. The van der Waals surface area contributed by atoms with Crippen LogP contribution in [0, 0.1) is 5.41 Å². The van der Waals surface area contributed by atoms with E-state index in [-0.39, 0.29) is 17.4 Å². The number of nitrogen functional groups attached to an aromatic ring is 1. The largest absolute Gasteiger partial charge is 0.395 e. The van der Waals surface area contributed by atoms with Gasteiger partial charge in [0.25, 0.3) is 5.91 Å². The molecule has 5 nitrogen and oxygen atoms in total. The Morgan fingerprint density at radius 1 is 1.50 bits per heavy atom. The number of hydrogen-bond donors (Lipinski definition) is 2. The smallest absolute Gasteiger partial charge is 0.276 e. The van der Waals surface area contributed by atoms with E-state index < -0.39 is 0 Å². The monoisotopic (exact) mass is 252 g/mol. The first-order valence-electron chi connectivity index (χ1n) is 6.30. The Morgan fingerprint density at radius 2 is 2.06 bits per heavy atom. The molecular weight excluding hydrogens is 228 g/mol. The van der Waals surface area contributed by atoms with E-state index in [1.54, 1.807) is 11.9 Å². The molecule has 0 fully saturated rings. The van der Waals surface area contributed by atoms with Crippen LogP contribution in [0.4, 0.5) is 5.69 Å². The zero-order valence-corrected chi connectivity index (χ0v) is 12.2. The van der Waals surface area contributed by atoms with E-state index >= 15 is 0 Å². The van der Waals surface area contributed by atoms with Crippen molar-refractivity contribution < 1.29 is 4.79 Å². The van der Waals surface area contributed by atoms with E-state index in [9.17, 15) is 4.79 Å². The van der Waals surface area contributed by atoms with E-state index in [0.29, 0.717) is 11.4 Å². The maximum absolute atomic E-state index is 12.3. The second kappa shape index (κ2) is 5.00. The molecular formula is C13H24N4O. The molecule has 0 saturated heterocycles. The van der Waals surface area contributed by atoms with Crippen molar-refractivity contribution in [2.75, 3.05) is 12.8 Å². The molecule has 3 N–H and O–H groups in total. The van der Waals surface area contributed by atoms with Gasteiger partial charge in [0.1, 0.15) is 0 Å². The number of carbonyl (C=O) groups excluding carboxylic acids is 1.